The zero-order valence-electron chi connectivity index (χ0n) is 29.6. The zero-order chi connectivity index (χ0) is 34.3. The van der Waals surface area contributed by atoms with E-state index in [0.717, 1.165) is 58.8 Å². The highest BCUT2D eigenvalue weighted by Gasteiger charge is 2.22. The van der Waals surface area contributed by atoms with Crippen LogP contribution in [0.25, 0.3) is 0 Å². The van der Waals surface area contributed by atoms with E-state index >= 15 is 0 Å². The van der Waals surface area contributed by atoms with Gasteiger partial charge in [-0.25, -0.2) is 4.39 Å². The molecule has 0 aliphatic heterocycles. The van der Waals surface area contributed by atoms with Crippen LogP contribution >= 0.6 is 11.9 Å². The van der Waals surface area contributed by atoms with Gasteiger partial charge in [-0.2, -0.15) is 0 Å². The molecule has 2 N–H and O–H groups in total. The highest BCUT2D eigenvalue weighted by atomic mass is 32.2. The number of carbonyl (C=O) groups is 1. The fraction of sp³-hybridized carbons (Fsp3) is 0.450. The van der Waals surface area contributed by atoms with E-state index < -0.39 is 5.67 Å². The van der Waals surface area contributed by atoms with Crippen molar-refractivity contribution < 1.29 is 9.18 Å². The van der Waals surface area contributed by atoms with E-state index in [1.165, 1.54) is 55.0 Å². The van der Waals surface area contributed by atoms with Crippen LogP contribution in [0.3, 0.4) is 0 Å². The summed E-state index contributed by atoms with van der Waals surface area (Å²) in [5, 5.41) is 5.29. The highest BCUT2D eigenvalue weighted by Crippen LogP contribution is 2.29. The van der Waals surface area contributed by atoms with E-state index in [1.54, 1.807) is 6.08 Å². The fourth-order valence-electron chi connectivity index (χ4n) is 5.21. The van der Waals surface area contributed by atoms with Gasteiger partial charge in [0.2, 0.25) is 5.91 Å². The molecule has 250 valence electrons. The van der Waals surface area contributed by atoms with Crippen LogP contribution in [0.1, 0.15) is 111 Å². The van der Waals surface area contributed by atoms with E-state index in [2.05, 4.69) is 64.1 Å². The second-order valence-corrected chi connectivity index (χ2v) is 13.6. The average molecular weight is 646 g/mol. The summed E-state index contributed by atoms with van der Waals surface area (Å²) in [6.45, 7) is 18.0. The minimum absolute atomic E-state index is 0.154. The number of amides is 1. The summed E-state index contributed by atoms with van der Waals surface area (Å²) < 4.78 is 12.9. The van der Waals surface area contributed by atoms with Gasteiger partial charge in [-0.3, -0.25) is 14.9 Å². The van der Waals surface area contributed by atoms with Crippen molar-refractivity contribution in [2.75, 3.05) is 11.4 Å². The molecule has 1 aliphatic rings. The molecule has 1 aliphatic carbocycles. The topological polar surface area (TPSA) is 58.7 Å². The normalized spacial score (nSPS) is 14.9. The van der Waals surface area contributed by atoms with Crippen LogP contribution in [-0.4, -0.2) is 23.8 Å². The van der Waals surface area contributed by atoms with Crippen LogP contribution in [0, 0.1) is 0 Å². The van der Waals surface area contributed by atoms with Gasteiger partial charge in [0.05, 0.1) is 6.54 Å². The van der Waals surface area contributed by atoms with Gasteiger partial charge >= 0.3 is 0 Å². The van der Waals surface area contributed by atoms with Crippen molar-refractivity contribution >= 4 is 29.3 Å². The Labute approximate surface area is 283 Å². The van der Waals surface area contributed by atoms with Crippen molar-refractivity contribution in [3.05, 3.63) is 111 Å². The Morgan fingerprint density at radius 3 is 2.28 bits per heavy atom. The number of hydrogen-bond acceptors (Lipinski definition) is 4. The number of allylic oxidation sites excluding steroid dienone is 5. The highest BCUT2D eigenvalue weighted by molar-refractivity contribution is 8.01. The minimum atomic E-state index is -1.26. The number of nitrogens with two attached hydrogens (primary N) is 1. The third kappa shape index (κ3) is 13.6. The number of hydrogen-bond donors (Lipinski definition) is 1. The predicted molar refractivity (Wildman–Crippen MR) is 200 cm³/mol. The molecule has 0 saturated carbocycles. The van der Waals surface area contributed by atoms with Crippen LogP contribution in [0.15, 0.2) is 99.6 Å². The summed E-state index contributed by atoms with van der Waals surface area (Å²) in [4.78, 5) is 21.5. The molecule has 1 amide bonds. The maximum absolute atomic E-state index is 13.9. The monoisotopic (exact) mass is 645 g/mol. The van der Waals surface area contributed by atoms with E-state index in [9.17, 15) is 9.18 Å². The second kappa shape index (κ2) is 19.4. The van der Waals surface area contributed by atoms with Crippen LogP contribution in [0.4, 0.5) is 10.1 Å². The lowest BCUT2D eigenvalue weighted by Crippen LogP contribution is -2.34. The van der Waals surface area contributed by atoms with Gasteiger partial charge in [-0.1, -0.05) is 68.0 Å². The van der Waals surface area contributed by atoms with Gasteiger partial charge in [0.15, 0.2) is 0 Å². The maximum Gasteiger partial charge on any atom is 0.227 e. The van der Waals surface area contributed by atoms with Gasteiger partial charge in [-0.15, -0.1) is 0 Å². The van der Waals surface area contributed by atoms with Crippen LogP contribution in [-0.2, 0) is 17.6 Å². The number of alkyl halides is 1. The molecule has 2 aromatic carbocycles. The Balaban J connectivity index is 0.000000572. The molecule has 3 rings (SSSR count). The van der Waals surface area contributed by atoms with E-state index in [1.807, 2.05) is 49.9 Å². The Kier molecular flexibility index (Phi) is 16.5. The first kappa shape index (κ1) is 39.0. The third-order valence-electron chi connectivity index (χ3n) is 8.02. The van der Waals surface area contributed by atoms with Crippen molar-refractivity contribution in [3.8, 4) is 0 Å². The predicted octanol–water partition coefficient (Wildman–Crippen LogP) is 11.0. The third-order valence-corrected chi connectivity index (χ3v) is 8.67. The Bertz CT molecular complexity index is 1430. The molecule has 0 aromatic heterocycles. The lowest BCUT2D eigenvalue weighted by molar-refractivity contribution is -0.118. The molecule has 2 aromatic rings. The molecule has 6 heteroatoms. The number of fused-ring (bicyclic) bond motifs is 1. The van der Waals surface area contributed by atoms with Gasteiger partial charge < -0.3 is 4.90 Å². The largest absolute Gasteiger partial charge is 0.308 e. The molecule has 0 radical (unpaired) electrons. The summed E-state index contributed by atoms with van der Waals surface area (Å²) in [5.74, 6) is 0.309. The first-order valence-corrected chi connectivity index (χ1v) is 17.4. The summed E-state index contributed by atoms with van der Waals surface area (Å²) in [7, 11) is 0. The first-order valence-electron chi connectivity index (χ1n) is 16.5. The Morgan fingerprint density at radius 2 is 1.72 bits per heavy atom. The van der Waals surface area contributed by atoms with Crippen molar-refractivity contribution in [1.82, 2.24) is 0 Å². The number of anilines is 1. The van der Waals surface area contributed by atoms with Crippen LogP contribution < -0.4 is 10.0 Å². The number of nitrogens with zero attached hydrogens (tertiary/aromatic N) is 2. The zero-order valence-corrected chi connectivity index (χ0v) is 30.4. The number of carbonyl (C=O) groups excluding carboxylic acids is 1. The molecule has 0 saturated heterocycles. The quantitative estimate of drug-likeness (QED) is 0.142. The molecular formula is C40H56FN3OS. The Hall–Kier alpha value is -3.22. The smallest absolute Gasteiger partial charge is 0.227 e. The van der Waals surface area contributed by atoms with Gasteiger partial charge in [0.1, 0.15) is 5.67 Å². The molecule has 1 unspecified atom stereocenters. The molecule has 46 heavy (non-hydrogen) atoms. The number of halogens is 1. The molecule has 0 spiro atoms. The van der Waals surface area contributed by atoms with E-state index in [0.29, 0.717) is 13.0 Å². The standard InChI is InChI=1S/C32H42N2O.C8H14FNS/c1-7-24(4)19-30(26(6)33-23(2)3)22-34(31-18-17-28-15-11-12-16-29(28)21-31)32(35)20-25(5)27-13-9-8-10-14-27;1-4-7(11-10)5-6-8(2,3)9/h8-10,13-14,17-19,21,25H,7,11-12,15-16,20,22H2,1-6H3;4-6H,10H2,1-3H3/b24-19?,30-26+;6-5-,7-4+. The summed E-state index contributed by atoms with van der Waals surface area (Å²) in [6.07, 6.45) is 13.4. The lowest BCUT2D eigenvalue weighted by Gasteiger charge is -2.27. The van der Waals surface area contributed by atoms with Gasteiger partial charge in [-0.05, 0) is 145 Å². The minimum Gasteiger partial charge on any atom is -0.308 e. The van der Waals surface area contributed by atoms with Crippen molar-refractivity contribution in [3.63, 3.8) is 0 Å². The van der Waals surface area contributed by atoms with Crippen molar-refractivity contribution in [2.45, 2.75) is 112 Å². The van der Waals surface area contributed by atoms with Crippen LogP contribution in [0.5, 0.6) is 0 Å². The Morgan fingerprint density at radius 1 is 1.07 bits per heavy atom. The van der Waals surface area contributed by atoms with Crippen molar-refractivity contribution in [1.29, 1.82) is 0 Å². The summed E-state index contributed by atoms with van der Waals surface area (Å²) in [5.41, 5.74) is 8.16. The number of benzene rings is 2. The number of aliphatic imine (C=N–C) groups is 1. The fourth-order valence-corrected chi connectivity index (χ4v) is 5.49. The van der Waals surface area contributed by atoms with Gasteiger partial charge in [0.25, 0.3) is 0 Å². The second-order valence-electron chi connectivity index (χ2n) is 12.9. The van der Waals surface area contributed by atoms with E-state index in [-0.39, 0.29) is 11.8 Å². The van der Waals surface area contributed by atoms with E-state index in [4.69, 9.17) is 10.1 Å². The summed E-state index contributed by atoms with van der Waals surface area (Å²) >= 11 is 1.12. The number of aryl methyl sites for hydroxylation is 2. The van der Waals surface area contributed by atoms with Crippen LogP contribution in [0.2, 0.25) is 0 Å². The molecule has 4 nitrogen and oxygen atoms in total. The first-order chi connectivity index (χ1) is 21.8. The molecular weight excluding hydrogens is 590 g/mol. The van der Waals surface area contributed by atoms with Gasteiger partial charge in [0, 0.05) is 28.4 Å². The van der Waals surface area contributed by atoms with Crippen molar-refractivity contribution in [2.24, 2.45) is 10.1 Å². The molecule has 0 heterocycles. The SMILES string of the molecule is C/C=C(\C=C/C(C)(C)F)SN.CCC(C)=C/C(CN(C(=O)CC(C)c1ccccc1)c1ccc2c(c1)CCCC2)=C(/C)N=C(C)C. The molecule has 1 atom stereocenters. The number of rotatable bonds is 12. The average Bonchev–Trinajstić information content (AvgIpc) is 3.02. The summed E-state index contributed by atoms with van der Waals surface area (Å²) in [6, 6.07) is 17.0. The maximum atomic E-state index is 13.9. The molecule has 0 fully saturated rings. The molecule has 0 bridgehead atoms. The lowest BCUT2D eigenvalue weighted by atomic mass is 9.91.